The van der Waals surface area contributed by atoms with E-state index in [-0.39, 0.29) is 36.1 Å². The number of aromatic nitrogens is 4. The molecule has 2 aromatic rings. The molecule has 0 aliphatic carbocycles. The Morgan fingerprint density at radius 1 is 1.24 bits per heavy atom. The average molecular weight is 485 g/mol. The third kappa shape index (κ3) is 4.11. The van der Waals surface area contributed by atoms with Gasteiger partial charge in [0.05, 0.1) is 35.7 Å². The Bertz CT molecular complexity index is 1180. The lowest BCUT2D eigenvalue weighted by Crippen LogP contribution is -2.60. The number of likely N-dealkylation sites (tertiary alicyclic amines) is 1. The molecule has 1 spiro atoms. The van der Waals surface area contributed by atoms with E-state index < -0.39 is 34.0 Å². The highest BCUT2D eigenvalue weighted by molar-refractivity contribution is 5.85. The van der Waals surface area contributed by atoms with Gasteiger partial charge in [-0.2, -0.15) is 0 Å². The number of carbonyl (C=O) groups excluding carboxylic acids is 1. The molecule has 2 aliphatic heterocycles. The second-order valence-electron chi connectivity index (χ2n) is 10.1. The van der Waals surface area contributed by atoms with Crippen LogP contribution in [-0.4, -0.2) is 71.0 Å². The number of rotatable bonds is 2. The van der Waals surface area contributed by atoms with Crippen molar-refractivity contribution in [3.63, 3.8) is 0 Å². The molecule has 11 nitrogen and oxygen atoms in total. The number of amides is 1. The lowest BCUT2D eigenvalue weighted by atomic mass is 9.75. The number of nitrogens with two attached hydrogens (primary N) is 1. The first kappa shape index (κ1) is 25.4. The molecule has 4 rings (SSSR count). The highest BCUT2D eigenvalue weighted by atomic mass is 35.5. The van der Waals surface area contributed by atoms with E-state index in [1.807, 2.05) is 0 Å². The first-order valence-electron chi connectivity index (χ1n) is 10.8. The molecule has 2 aliphatic rings. The van der Waals surface area contributed by atoms with Crippen LogP contribution < -0.4 is 17.0 Å². The maximum Gasteiger partial charge on any atom is 0.332 e. The minimum Gasteiger partial charge on any atom is -0.388 e. The van der Waals surface area contributed by atoms with Gasteiger partial charge in [-0.05, 0) is 33.6 Å². The molecule has 184 valence electrons. The van der Waals surface area contributed by atoms with Crippen LogP contribution in [0.2, 0.25) is 0 Å². The predicted octanol–water partition coefficient (Wildman–Crippen LogP) is -0.334. The Kier molecular flexibility index (Phi) is 6.33. The van der Waals surface area contributed by atoms with Crippen molar-refractivity contribution in [1.29, 1.82) is 0 Å². The Labute approximate surface area is 197 Å². The van der Waals surface area contributed by atoms with Gasteiger partial charge in [-0.3, -0.25) is 18.7 Å². The predicted molar refractivity (Wildman–Crippen MR) is 125 cm³/mol. The van der Waals surface area contributed by atoms with Crippen molar-refractivity contribution in [3.05, 3.63) is 27.2 Å². The highest BCUT2D eigenvalue weighted by Gasteiger charge is 2.51. The zero-order valence-electron chi connectivity index (χ0n) is 19.7. The monoisotopic (exact) mass is 484 g/mol. The van der Waals surface area contributed by atoms with Gasteiger partial charge in [0.25, 0.3) is 5.56 Å². The SMILES string of the molecule is Cl.Cn1c(=O)c2c(ncn2[C@@H]2COC3(CCN(C(=O)C(C)(C)N)CC3)C[C@@]2(C)O)n(C)c1=O. The van der Waals surface area contributed by atoms with Gasteiger partial charge < -0.3 is 25.0 Å². The van der Waals surface area contributed by atoms with E-state index >= 15 is 0 Å². The van der Waals surface area contributed by atoms with Crippen molar-refractivity contribution in [3.8, 4) is 0 Å². The van der Waals surface area contributed by atoms with Crippen LogP contribution >= 0.6 is 12.4 Å². The minimum atomic E-state index is -1.19. The average Bonchev–Trinajstić information content (AvgIpc) is 3.14. The van der Waals surface area contributed by atoms with E-state index in [0.29, 0.717) is 32.4 Å². The molecule has 0 unspecified atom stereocenters. The molecule has 2 atom stereocenters. The van der Waals surface area contributed by atoms with Crippen LogP contribution in [0.5, 0.6) is 0 Å². The van der Waals surface area contributed by atoms with E-state index in [0.717, 1.165) is 4.57 Å². The van der Waals surface area contributed by atoms with Crippen molar-refractivity contribution in [2.24, 2.45) is 19.8 Å². The molecule has 1 amide bonds. The minimum absolute atomic E-state index is 0. The molecule has 2 aromatic heterocycles. The summed E-state index contributed by atoms with van der Waals surface area (Å²) in [5.41, 5.74) is 2.90. The van der Waals surface area contributed by atoms with E-state index in [2.05, 4.69) is 4.98 Å². The Hall–Kier alpha value is -2.21. The van der Waals surface area contributed by atoms with Crippen LogP contribution in [0.3, 0.4) is 0 Å². The number of aryl methyl sites for hydroxylation is 1. The van der Waals surface area contributed by atoms with Gasteiger partial charge >= 0.3 is 5.69 Å². The van der Waals surface area contributed by atoms with Gasteiger partial charge in [0.15, 0.2) is 11.2 Å². The summed E-state index contributed by atoms with van der Waals surface area (Å²) in [5, 5.41) is 11.5. The molecule has 0 radical (unpaired) electrons. The summed E-state index contributed by atoms with van der Waals surface area (Å²) in [4.78, 5) is 43.6. The van der Waals surface area contributed by atoms with Gasteiger partial charge in [-0.1, -0.05) is 0 Å². The number of ether oxygens (including phenoxy) is 1. The maximum atomic E-state index is 12.8. The fraction of sp³-hybridized carbons (Fsp3) is 0.714. The number of hydrogen-bond acceptors (Lipinski definition) is 7. The zero-order valence-corrected chi connectivity index (χ0v) is 20.5. The lowest BCUT2D eigenvalue weighted by Gasteiger charge is -2.51. The van der Waals surface area contributed by atoms with E-state index in [1.54, 1.807) is 37.3 Å². The zero-order chi connectivity index (χ0) is 23.6. The Morgan fingerprint density at radius 2 is 1.85 bits per heavy atom. The normalized spacial score (nSPS) is 25.3. The summed E-state index contributed by atoms with van der Waals surface area (Å²) in [6.45, 7) is 6.33. The van der Waals surface area contributed by atoms with Crippen LogP contribution in [0.1, 0.15) is 46.1 Å². The number of hydrogen-bond donors (Lipinski definition) is 2. The molecule has 12 heteroatoms. The summed E-state index contributed by atoms with van der Waals surface area (Å²) in [6.07, 6.45) is 3.03. The Morgan fingerprint density at radius 3 is 2.39 bits per heavy atom. The van der Waals surface area contributed by atoms with Crippen LogP contribution in [0.15, 0.2) is 15.9 Å². The molecule has 0 aromatic carbocycles. The van der Waals surface area contributed by atoms with E-state index in [9.17, 15) is 19.5 Å². The second kappa shape index (κ2) is 8.23. The van der Waals surface area contributed by atoms with Gasteiger partial charge in [0.1, 0.15) is 0 Å². The number of fused-ring (bicyclic) bond motifs is 1. The lowest BCUT2D eigenvalue weighted by molar-refractivity contribution is -0.197. The summed E-state index contributed by atoms with van der Waals surface area (Å²) in [7, 11) is 2.98. The number of nitrogens with zero attached hydrogens (tertiary/aromatic N) is 5. The second-order valence-corrected chi connectivity index (χ2v) is 10.1. The fourth-order valence-electron chi connectivity index (χ4n) is 5.08. The third-order valence-electron chi connectivity index (χ3n) is 6.97. The van der Waals surface area contributed by atoms with Crippen molar-refractivity contribution < 1.29 is 14.6 Å². The van der Waals surface area contributed by atoms with E-state index in [1.165, 1.54) is 17.9 Å². The molecule has 0 saturated carbocycles. The van der Waals surface area contributed by atoms with Gasteiger partial charge in [-0.15, -0.1) is 12.4 Å². The summed E-state index contributed by atoms with van der Waals surface area (Å²) in [5.74, 6) is -0.0980. The van der Waals surface area contributed by atoms with Gasteiger partial charge in [0, 0.05) is 33.6 Å². The van der Waals surface area contributed by atoms with Crippen molar-refractivity contribution >= 4 is 29.5 Å². The fourth-order valence-corrected chi connectivity index (χ4v) is 5.08. The first-order valence-corrected chi connectivity index (χ1v) is 10.8. The standard InChI is InChI=1S/C21H32N6O5.ClH/c1-19(2,22)17(29)26-8-6-21(7-9-26)11-20(3,31)13(10-32-21)27-12-23-15-14(27)16(28)25(5)18(30)24(15)4;/h12-13,31H,6-11,22H2,1-5H3;1H/t13-,20-;/m1./s1. The summed E-state index contributed by atoms with van der Waals surface area (Å²) >= 11 is 0. The van der Waals surface area contributed by atoms with Crippen LogP contribution in [0, 0.1) is 0 Å². The van der Waals surface area contributed by atoms with Crippen molar-refractivity contribution in [1.82, 2.24) is 23.6 Å². The molecule has 2 fully saturated rings. The largest absolute Gasteiger partial charge is 0.388 e. The van der Waals surface area contributed by atoms with Crippen molar-refractivity contribution in [2.45, 2.75) is 62.8 Å². The van der Waals surface area contributed by atoms with Gasteiger partial charge in [0.2, 0.25) is 5.91 Å². The molecular formula is C21H33ClN6O5. The summed E-state index contributed by atoms with van der Waals surface area (Å²) < 4.78 is 10.3. The number of halogens is 1. The number of aliphatic hydroxyl groups is 1. The van der Waals surface area contributed by atoms with Crippen molar-refractivity contribution in [2.75, 3.05) is 19.7 Å². The smallest absolute Gasteiger partial charge is 0.332 e. The molecule has 4 heterocycles. The maximum absolute atomic E-state index is 12.8. The van der Waals surface area contributed by atoms with Crippen LogP contribution in [0.4, 0.5) is 0 Å². The first-order chi connectivity index (χ1) is 14.8. The molecule has 0 bridgehead atoms. The van der Waals surface area contributed by atoms with Gasteiger partial charge in [-0.25, -0.2) is 9.78 Å². The topological polar surface area (TPSA) is 138 Å². The van der Waals surface area contributed by atoms with Crippen LogP contribution in [0.25, 0.3) is 11.2 Å². The molecule has 2 saturated heterocycles. The molecule has 33 heavy (non-hydrogen) atoms. The summed E-state index contributed by atoms with van der Waals surface area (Å²) in [6, 6.07) is -0.550. The highest BCUT2D eigenvalue weighted by Crippen LogP contribution is 2.44. The quantitative estimate of drug-likeness (QED) is 0.595. The molecular weight excluding hydrogens is 452 g/mol. The number of piperidine rings is 1. The number of carbonyl (C=O) groups is 1. The van der Waals surface area contributed by atoms with Crippen LogP contribution in [-0.2, 0) is 23.6 Å². The van der Waals surface area contributed by atoms with E-state index in [4.69, 9.17) is 10.5 Å². The third-order valence-corrected chi connectivity index (χ3v) is 6.97. The molecule has 3 N–H and O–H groups in total. The Balaban J connectivity index is 0.00000306. The number of imidazole rings is 1.